The van der Waals surface area contributed by atoms with Crippen molar-refractivity contribution in [3.8, 4) is 0 Å². The number of aromatic nitrogens is 3. The number of carboxylic acids is 1. The number of rotatable bonds is 5. The minimum atomic E-state index is -0.824. The third kappa shape index (κ3) is 2.45. The van der Waals surface area contributed by atoms with Crippen LogP contribution in [-0.4, -0.2) is 26.1 Å². The van der Waals surface area contributed by atoms with Crippen LogP contribution in [0, 0.1) is 11.8 Å². The van der Waals surface area contributed by atoms with Gasteiger partial charge in [-0.05, 0) is 36.3 Å². The van der Waals surface area contributed by atoms with E-state index in [1.165, 1.54) is 12.8 Å². The third-order valence-electron chi connectivity index (χ3n) is 3.85. The number of para-hydroxylation sites is 1. The fraction of sp³-hybridized carbons (Fsp3) is 0.500. The lowest BCUT2D eigenvalue weighted by Crippen LogP contribution is -2.12. The van der Waals surface area contributed by atoms with Crippen LogP contribution in [0.1, 0.15) is 25.3 Å². The minimum absolute atomic E-state index is 0.0164. The van der Waals surface area contributed by atoms with Crippen LogP contribution in [0.25, 0.3) is 11.0 Å². The van der Waals surface area contributed by atoms with Crippen molar-refractivity contribution in [1.82, 2.24) is 15.0 Å². The molecule has 0 aliphatic heterocycles. The average molecular weight is 259 g/mol. The van der Waals surface area contributed by atoms with Crippen LogP contribution in [0.3, 0.4) is 0 Å². The van der Waals surface area contributed by atoms with Crippen LogP contribution in [0.2, 0.25) is 0 Å². The first kappa shape index (κ1) is 12.1. The van der Waals surface area contributed by atoms with Gasteiger partial charge in [0, 0.05) is 6.54 Å². The number of aliphatic carboxylic acids is 1. The second-order valence-electron chi connectivity index (χ2n) is 5.44. The Bertz CT molecular complexity index is 616. The third-order valence-corrected chi connectivity index (χ3v) is 3.85. The number of nitrogens with zero attached hydrogens (tertiary/aromatic N) is 3. The van der Waals surface area contributed by atoms with Gasteiger partial charge < -0.3 is 5.11 Å². The van der Waals surface area contributed by atoms with Crippen molar-refractivity contribution in [2.45, 2.75) is 32.7 Å². The maximum Gasteiger partial charge on any atom is 0.307 e. The monoisotopic (exact) mass is 259 g/mol. The molecule has 1 unspecified atom stereocenters. The van der Waals surface area contributed by atoms with Gasteiger partial charge in [-0.2, -0.15) is 0 Å². The fourth-order valence-electron chi connectivity index (χ4n) is 2.62. The Balaban J connectivity index is 1.96. The zero-order chi connectivity index (χ0) is 13.4. The maximum absolute atomic E-state index is 10.9. The molecule has 1 aliphatic rings. The molecule has 100 valence electrons. The molecule has 1 heterocycles. The Hall–Kier alpha value is -1.91. The first-order chi connectivity index (χ1) is 9.15. The van der Waals surface area contributed by atoms with Crippen molar-refractivity contribution in [1.29, 1.82) is 0 Å². The predicted molar refractivity (Wildman–Crippen MR) is 70.8 cm³/mol. The van der Waals surface area contributed by atoms with Crippen LogP contribution in [0.15, 0.2) is 18.2 Å². The van der Waals surface area contributed by atoms with Crippen molar-refractivity contribution in [3.05, 3.63) is 23.8 Å². The van der Waals surface area contributed by atoms with Crippen LogP contribution < -0.4 is 0 Å². The molecule has 1 aromatic heterocycles. The molecular weight excluding hydrogens is 242 g/mol. The van der Waals surface area contributed by atoms with Crippen molar-refractivity contribution in [3.63, 3.8) is 0 Å². The molecule has 0 bridgehead atoms. The van der Waals surface area contributed by atoms with E-state index in [1.54, 1.807) is 0 Å². The first-order valence-electron chi connectivity index (χ1n) is 6.68. The Morgan fingerprint density at radius 2 is 2.32 bits per heavy atom. The van der Waals surface area contributed by atoms with E-state index < -0.39 is 5.97 Å². The molecule has 0 radical (unpaired) electrons. The number of hydrogen-bond acceptors (Lipinski definition) is 3. The fourth-order valence-corrected chi connectivity index (χ4v) is 2.62. The molecule has 5 heteroatoms. The summed E-state index contributed by atoms with van der Waals surface area (Å²) in [5.41, 5.74) is 2.44. The number of hydrogen-bond donors (Lipinski definition) is 1. The van der Waals surface area contributed by atoms with Gasteiger partial charge in [-0.1, -0.05) is 24.3 Å². The Labute approximate surface area is 111 Å². The molecule has 2 aromatic rings. The second kappa shape index (κ2) is 4.64. The number of carbonyl (C=O) groups is 1. The molecule has 19 heavy (non-hydrogen) atoms. The van der Waals surface area contributed by atoms with E-state index in [4.69, 9.17) is 5.11 Å². The van der Waals surface area contributed by atoms with E-state index in [2.05, 4.69) is 17.2 Å². The highest BCUT2D eigenvalue weighted by Crippen LogP contribution is 2.37. The van der Waals surface area contributed by atoms with Gasteiger partial charge in [-0.15, -0.1) is 5.10 Å². The lowest BCUT2D eigenvalue weighted by atomic mass is 10.1. The van der Waals surface area contributed by atoms with Crippen molar-refractivity contribution < 1.29 is 9.90 Å². The largest absolute Gasteiger partial charge is 0.481 e. The summed E-state index contributed by atoms with van der Waals surface area (Å²) in [6.07, 6.45) is 2.62. The summed E-state index contributed by atoms with van der Waals surface area (Å²) in [4.78, 5) is 10.9. The molecule has 0 saturated heterocycles. The maximum atomic E-state index is 10.9. The highest BCUT2D eigenvalue weighted by atomic mass is 16.4. The van der Waals surface area contributed by atoms with Gasteiger partial charge in [-0.25, -0.2) is 4.68 Å². The van der Waals surface area contributed by atoms with E-state index in [9.17, 15) is 4.79 Å². The van der Waals surface area contributed by atoms with Crippen LogP contribution in [0.5, 0.6) is 0 Å². The summed E-state index contributed by atoms with van der Waals surface area (Å²) >= 11 is 0. The summed E-state index contributed by atoms with van der Waals surface area (Å²) in [5.74, 6) is 0.546. The standard InChI is InChI=1S/C14H17N3O2/c1-9(10-5-6-10)8-17-14-11(7-13(18)19)3-2-4-12(14)15-16-17/h2-4,9-10H,5-8H2,1H3,(H,18,19). The van der Waals surface area contributed by atoms with E-state index >= 15 is 0 Å². The topological polar surface area (TPSA) is 68.0 Å². The average Bonchev–Trinajstić information content (AvgIpc) is 3.13. The molecule has 0 amide bonds. The van der Waals surface area contributed by atoms with Gasteiger partial charge in [0.15, 0.2) is 0 Å². The van der Waals surface area contributed by atoms with E-state index in [1.807, 2.05) is 22.9 Å². The lowest BCUT2D eigenvalue weighted by molar-refractivity contribution is -0.136. The summed E-state index contributed by atoms with van der Waals surface area (Å²) in [6.45, 7) is 3.04. The lowest BCUT2D eigenvalue weighted by Gasteiger charge is -2.11. The van der Waals surface area contributed by atoms with Crippen molar-refractivity contribution >= 4 is 17.0 Å². The number of fused-ring (bicyclic) bond motifs is 1. The van der Waals surface area contributed by atoms with Gasteiger partial charge in [0.2, 0.25) is 0 Å². The predicted octanol–water partition coefficient (Wildman–Crippen LogP) is 2.10. The molecule has 1 atom stereocenters. The molecule has 1 saturated carbocycles. The zero-order valence-electron chi connectivity index (χ0n) is 10.9. The SMILES string of the molecule is CC(Cn1nnc2cccc(CC(=O)O)c21)C1CC1. The van der Waals surface area contributed by atoms with Crippen LogP contribution >= 0.6 is 0 Å². The van der Waals surface area contributed by atoms with E-state index in [-0.39, 0.29) is 6.42 Å². The summed E-state index contributed by atoms with van der Waals surface area (Å²) in [6, 6.07) is 5.56. The minimum Gasteiger partial charge on any atom is -0.481 e. The molecule has 1 aromatic carbocycles. The van der Waals surface area contributed by atoms with Gasteiger partial charge in [0.1, 0.15) is 5.52 Å². The van der Waals surface area contributed by atoms with Gasteiger partial charge in [0.25, 0.3) is 0 Å². The highest BCUT2D eigenvalue weighted by molar-refractivity contribution is 5.83. The normalized spacial score (nSPS) is 16.7. The van der Waals surface area contributed by atoms with Crippen molar-refractivity contribution in [2.24, 2.45) is 11.8 Å². The smallest absolute Gasteiger partial charge is 0.307 e. The van der Waals surface area contributed by atoms with Gasteiger partial charge >= 0.3 is 5.97 Å². The number of benzene rings is 1. The van der Waals surface area contributed by atoms with E-state index in [0.29, 0.717) is 5.92 Å². The number of carboxylic acid groups (broad SMARTS) is 1. The van der Waals surface area contributed by atoms with Crippen LogP contribution in [0.4, 0.5) is 0 Å². The first-order valence-corrected chi connectivity index (χ1v) is 6.68. The Morgan fingerprint density at radius 1 is 1.53 bits per heavy atom. The zero-order valence-corrected chi connectivity index (χ0v) is 10.9. The summed E-state index contributed by atoms with van der Waals surface area (Å²) in [5, 5.41) is 17.3. The Morgan fingerprint density at radius 3 is 3.00 bits per heavy atom. The molecule has 3 rings (SSSR count). The molecule has 1 fully saturated rings. The second-order valence-corrected chi connectivity index (χ2v) is 5.44. The van der Waals surface area contributed by atoms with Crippen LogP contribution in [-0.2, 0) is 17.8 Å². The summed E-state index contributed by atoms with van der Waals surface area (Å²) < 4.78 is 1.87. The van der Waals surface area contributed by atoms with Crippen molar-refractivity contribution in [2.75, 3.05) is 0 Å². The Kier molecular flexibility index (Phi) is 2.97. The molecule has 1 aliphatic carbocycles. The molecule has 1 N–H and O–H groups in total. The van der Waals surface area contributed by atoms with Gasteiger partial charge in [0.05, 0.1) is 11.9 Å². The van der Waals surface area contributed by atoms with Gasteiger partial charge in [-0.3, -0.25) is 4.79 Å². The highest BCUT2D eigenvalue weighted by Gasteiger charge is 2.28. The molecular formula is C14H17N3O2. The summed E-state index contributed by atoms with van der Waals surface area (Å²) in [7, 11) is 0. The molecule has 0 spiro atoms. The van der Waals surface area contributed by atoms with E-state index in [0.717, 1.165) is 29.1 Å². The quantitative estimate of drug-likeness (QED) is 0.892. The molecule has 5 nitrogen and oxygen atoms in total.